The zero-order chi connectivity index (χ0) is 13.1. The average molecular weight is 244 g/mol. The minimum Gasteiger partial charge on any atom is -0.397 e. The lowest BCUT2D eigenvalue weighted by Gasteiger charge is -2.38. The number of hydrogen-bond donors (Lipinski definition) is 1. The number of hydrogen-bond acceptors (Lipinski definition) is 4. The van der Waals surface area contributed by atoms with Crippen molar-refractivity contribution >= 4 is 11.4 Å². The highest BCUT2D eigenvalue weighted by Crippen LogP contribution is 2.28. The molecule has 0 aromatic heterocycles. The molecule has 18 heavy (non-hydrogen) atoms. The zero-order valence-corrected chi connectivity index (χ0v) is 11.1. The Balaban J connectivity index is 2.23. The summed E-state index contributed by atoms with van der Waals surface area (Å²) in [6.45, 7) is 2.00. The van der Waals surface area contributed by atoms with Crippen LogP contribution in [0.15, 0.2) is 18.2 Å². The Kier molecular flexibility index (Phi) is 3.73. The quantitative estimate of drug-likeness (QED) is 0.804. The Hall–Kier alpha value is -1.73. The first-order chi connectivity index (χ1) is 8.61. The molecule has 96 valence electrons. The van der Waals surface area contributed by atoms with Crippen LogP contribution in [-0.2, 0) is 0 Å². The minimum atomic E-state index is 0.559. The lowest BCUT2D eigenvalue weighted by molar-refractivity contribution is 0.258. The average Bonchev–Trinajstić information content (AvgIpc) is 2.39. The molecule has 1 fully saturated rings. The summed E-state index contributed by atoms with van der Waals surface area (Å²) >= 11 is 0. The summed E-state index contributed by atoms with van der Waals surface area (Å²) in [4.78, 5) is 4.56. The zero-order valence-electron chi connectivity index (χ0n) is 11.1. The molecule has 1 saturated heterocycles. The van der Waals surface area contributed by atoms with Crippen molar-refractivity contribution in [3.63, 3.8) is 0 Å². The van der Waals surface area contributed by atoms with Crippen LogP contribution in [-0.4, -0.2) is 38.1 Å². The van der Waals surface area contributed by atoms with Crippen molar-refractivity contribution in [3.05, 3.63) is 23.8 Å². The number of rotatable bonds is 2. The summed E-state index contributed by atoms with van der Waals surface area (Å²) in [5.74, 6) is 0. The lowest BCUT2D eigenvalue weighted by Crippen LogP contribution is -2.45. The number of nitrogens with two attached hydrogens (primary N) is 1. The third-order valence-corrected chi connectivity index (χ3v) is 3.63. The van der Waals surface area contributed by atoms with Crippen molar-refractivity contribution in [2.24, 2.45) is 0 Å². The van der Waals surface area contributed by atoms with E-state index in [4.69, 9.17) is 11.0 Å². The number of benzene rings is 1. The first-order valence-corrected chi connectivity index (χ1v) is 6.33. The van der Waals surface area contributed by atoms with Gasteiger partial charge in [0.25, 0.3) is 0 Å². The first kappa shape index (κ1) is 12.7. The van der Waals surface area contributed by atoms with Crippen molar-refractivity contribution in [2.75, 3.05) is 37.8 Å². The molecular formula is C14H20N4. The monoisotopic (exact) mass is 244 g/mol. The van der Waals surface area contributed by atoms with Gasteiger partial charge >= 0.3 is 0 Å². The summed E-state index contributed by atoms with van der Waals surface area (Å²) in [6, 6.07) is 8.23. The molecule has 1 aromatic rings. The van der Waals surface area contributed by atoms with Crippen LogP contribution in [0, 0.1) is 11.3 Å². The minimum absolute atomic E-state index is 0.559. The van der Waals surface area contributed by atoms with E-state index in [-0.39, 0.29) is 0 Å². The first-order valence-electron chi connectivity index (χ1n) is 6.33. The lowest BCUT2D eigenvalue weighted by atomic mass is 10.0. The highest BCUT2D eigenvalue weighted by molar-refractivity contribution is 5.70. The molecule has 1 aliphatic rings. The molecule has 2 N–H and O–H groups in total. The van der Waals surface area contributed by atoms with Crippen LogP contribution in [0.1, 0.15) is 18.4 Å². The number of nitrogen functional groups attached to an aromatic ring is 1. The summed E-state index contributed by atoms with van der Waals surface area (Å²) in [6.07, 6.45) is 2.39. The van der Waals surface area contributed by atoms with Gasteiger partial charge in [-0.1, -0.05) is 0 Å². The molecule has 1 unspecified atom stereocenters. The predicted molar refractivity (Wildman–Crippen MR) is 74.5 cm³/mol. The molecule has 1 aromatic carbocycles. The molecule has 0 aliphatic carbocycles. The van der Waals surface area contributed by atoms with Gasteiger partial charge in [0.1, 0.15) is 0 Å². The van der Waals surface area contributed by atoms with Crippen molar-refractivity contribution < 1.29 is 0 Å². The number of piperidine rings is 1. The highest BCUT2D eigenvalue weighted by Gasteiger charge is 2.22. The molecule has 0 radical (unpaired) electrons. The van der Waals surface area contributed by atoms with Crippen molar-refractivity contribution in [1.82, 2.24) is 4.90 Å². The van der Waals surface area contributed by atoms with E-state index in [0.29, 0.717) is 11.6 Å². The molecule has 2 rings (SSSR count). The molecule has 0 saturated carbocycles. The van der Waals surface area contributed by atoms with Crippen LogP contribution in [0.4, 0.5) is 11.4 Å². The second kappa shape index (κ2) is 5.28. The number of likely N-dealkylation sites (N-methyl/N-ethyl adjacent to an activating group) is 1. The van der Waals surface area contributed by atoms with Gasteiger partial charge in [-0.25, -0.2) is 0 Å². The maximum Gasteiger partial charge on any atom is 0.0992 e. The van der Waals surface area contributed by atoms with E-state index in [0.717, 1.165) is 24.5 Å². The Labute approximate surface area is 109 Å². The predicted octanol–water partition coefficient (Wildman–Crippen LogP) is 1.67. The Morgan fingerprint density at radius 1 is 1.44 bits per heavy atom. The van der Waals surface area contributed by atoms with Gasteiger partial charge in [0.05, 0.1) is 23.0 Å². The van der Waals surface area contributed by atoms with E-state index >= 15 is 0 Å². The number of nitrogens with zero attached hydrogens (tertiary/aromatic N) is 3. The van der Waals surface area contributed by atoms with Crippen LogP contribution in [0.2, 0.25) is 0 Å². The van der Waals surface area contributed by atoms with Crippen LogP contribution >= 0.6 is 0 Å². The third-order valence-electron chi connectivity index (χ3n) is 3.63. The van der Waals surface area contributed by atoms with Gasteiger partial charge in [-0.3, -0.25) is 0 Å². The van der Waals surface area contributed by atoms with Gasteiger partial charge in [-0.15, -0.1) is 0 Å². The normalized spacial score (nSPS) is 19.9. The number of nitriles is 1. The second-order valence-electron chi connectivity index (χ2n) is 5.09. The fourth-order valence-corrected chi connectivity index (χ4v) is 2.48. The summed E-state index contributed by atoms with van der Waals surface area (Å²) in [7, 11) is 4.23. The molecule has 0 bridgehead atoms. The molecule has 1 heterocycles. The van der Waals surface area contributed by atoms with Crippen LogP contribution < -0.4 is 10.6 Å². The largest absolute Gasteiger partial charge is 0.397 e. The SMILES string of the molecule is CN(C)C1CCCN(c2cc(C#N)ccc2N)C1. The molecule has 4 nitrogen and oxygen atoms in total. The van der Waals surface area contributed by atoms with Crippen molar-refractivity contribution in [1.29, 1.82) is 5.26 Å². The van der Waals surface area contributed by atoms with Gasteiger partial charge in [0, 0.05) is 19.1 Å². The van der Waals surface area contributed by atoms with Crippen molar-refractivity contribution in [3.8, 4) is 6.07 Å². The van der Waals surface area contributed by atoms with Crippen molar-refractivity contribution in [2.45, 2.75) is 18.9 Å². The van der Waals surface area contributed by atoms with E-state index in [9.17, 15) is 0 Å². The van der Waals surface area contributed by atoms with E-state index in [1.54, 1.807) is 6.07 Å². The van der Waals surface area contributed by atoms with Gasteiger partial charge in [0.2, 0.25) is 0 Å². The Morgan fingerprint density at radius 3 is 2.89 bits per heavy atom. The van der Waals surface area contributed by atoms with E-state index in [2.05, 4.69) is 30.0 Å². The highest BCUT2D eigenvalue weighted by atomic mass is 15.2. The third kappa shape index (κ3) is 2.57. The molecule has 0 spiro atoms. The van der Waals surface area contributed by atoms with Gasteiger partial charge in [-0.2, -0.15) is 5.26 Å². The van der Waals surface area contributed by atoms with E-state index < -0.39 is 0 Å². The fraction of sp³-hybridized carbons (Fsp3) is 0.500. The maximum atomic E-state index is 8.97. The second-order valence-corrected chi connectivity index (χ2v) is 5.09. The Morgan fingerprint density at radius 2 is 2.22 bits per heavy atom. The standard InChI is InChI=1S/C14H20N4/c1-17(2)12-4-3-7-18(10-12)14-8-11(9-15)5-6-13(14)16/h5-6,8,12H,3-4,7,10,16H2,1-2H3. The van der Waals surface area contributed by atoms with Crippen LogP contribution in [0.3, 0.4) is 0 Å². The van der Waals surface area contributed by atoms with Gasteiger partial charge < -0.3 is 15.5 Å². The van der Waals surface area contributed by atoms with E-state index in [1.807, 2.05) is 12.1 Å². The van der Waals surface area contributed by atoms with Crippen LogP contribution in [0.25, 0.3) is 0 Å². The molecule has 1 aliphatic heterocycles. The maximum absolute atomic E-state index is 8.97. The molecule has 1 atom stereocenters. The smallest absolute Gasteiger partial charge is 0.0992 e. The van der Waals surface area contributed by atoms with Crippen LogP contribution in [0.5, 0.6) is 0 Å². The van der Waals surface area contributed by atoms with E-state index in [1.165, 1.54) is 12.8 Å². The number of anilines is 2. The molecule has 4 heteroatoms. The molecule has 0 amide bonds. The fourth-order valence-electron chi connectivity index (χ4n) is 2.48. The summed E-state index contributed by atoms with van der Waals surface area (Å²) in [5, 5.41) is 8.97. The molecular weight excluding hydrogens is 224 g/mol. The topological polar surface area (TPSA) is 56.3 Å². The Bertz CT molecular complexity index is 461. The summed E-state index contributed by atoms with van der Waals surface area (Å²) < 4.78 is 0. The van der Waals surface area contributed by atoms with Gasteiger partial charge in [-0.05, 0) is 45.1 Å². The van der Waals surface area contributed by atoms with Gasteiger partial charge in [0.15, 0.2) is 0 Å². The summed E-state index contributed by atoms with van der Waals surface area (Å²) in [5.41, 5.74) is 8.46.